The van der Waals surface area contributed by atoms with Gasteiger partial charge in [-0.05, 0) is 45.6 Å². The van der Waals surface area contributed by atoms with Gasteiger partial charge < -0.3 is 10.0 Å². The lowest BCUT2D eigenvalue weighted by Crippen LogP contribution is -2.26. The summed E-state index contributed by atoms with van der Waals surface area (Å²) in [5.74, 6) is 0. The van der Waals surface area contributed by atoms with Crippen molar-refractivity contribution in [3.63, 3.8) is 0 Å². The summed E-state index contributed by atoms with van der Waals surface area (Å²) >= 11 is 0. The van der Waals surface area contributed by atoms with Gasteiger partial charge in [-0.15, -0.1) is 0 Å². The van der Waals surface area contributed by atoms with Crippen LogP contribution in [0.4, 0.5) is 5.69 Å². The molecule has 3 nitrogen and oxygen atoms in total. The van der Waals surface area contributed by atoms with E-state index in [2.05, 4.69) is 17.0 Å². The number of aliphatic hydroxyl groups is 1. The zero-order valence-corrected chi connectivity index (χ0v) is 12.5. The number of para-hydroxylation sites is 1. The molecule has 108 valence electrons. The van der Waals surface area contributed by atoms with Crippen molar-refractivity contribution in [1.29, 1.82) is 5.26 Å². The lowest BCUT2D eigenvalue weighted by atomic mass is 9.90. The molecule has 1 aromatic carbocycles. The molecular weight excluding hydrogens is 248 g/mol. The minimum atomic E-state index is -0.341. The van der Waals surface area contributed by atoms with E-state index < -0.39 is 0 Å². The normalized spacial score (nSPS) is 19.1. The number of aliphatic hydroxyl groups excluding tert-OH is 1. The van der Waals surface area contributed by atoms with Crippen molar-refractivity contribution in [1.82, 2.24) is 0 Å². The van der Waals surface area contributed by atoms with E-state index in [4.69, 9.17) is 5.26 Å². The van der Waals surface area contributed by atoms with Crippen LogP contribution < -0.4 is 4.90 Å². The minimum absolute atomic E-state index is 0.245. The van der Waals surface area contributed by atoms with Crippen molar-refractivity contribution in [2.24, 2.45) is 5.41 Å². The van der Waals surface area contributed by atoms with Crippen LogP contribution in [0.15, 0.2) is 24.3 Å². The Bertz CT molecular complexity index is 490. The molecule has 0 saturated carbocycles. The van der Waals surface area contributed by atoms with Gasteiger partial charge in [-0.2, -0.15) is 5.26 Å². The summed E-state index contributed by atoms with van der Waals surface area (Å²) in [4.78, 5) is 2.36. The maximum atomic E-state index is 10.2. The minimum Gasteiger partial charge on any atom is -0.388 e. The SMILES string of the molecule is CC(C)(C#N)CCCN1CCCC(O)c2ccccc21. The summed E-state index contributed by atoms with van der Waals surface area (Å²) in [5.41, 5.74) is 1.96. The number of nitrogens with zero attached hydrogens (tertiary/aromatic N) is 2. The van der Waals surface area contributed by atoms with E-state index in [9.17, 15) is 5.11 Å². The highest BCUT2D eigenvalue weighted by Gasteiger charge is 2.22. The lowest BCUT2D eigenvalue weighted by molar-refractivity contribution is 0.168. The average Bonchev–Trinajstić information content (AvgIpc) is 2.60. The molecule has 1 aromatic rings. The fourth-order valence-electron chi connectivity index (χ4n) is 2.81. The van der Waals surface area contributed by atoms with E-state index >= 15 is 0 Å². The fourth-order valence-corrected chi connectivity index (χ4v) is 2.81. The second-order valence-electron chi connectivity index (χ2n) is 6.30. The van der Waals surface area contributed by atoms with Gasteiger partial charge in [0.05, 0.1) is 17.6 Å². The third kappa shape index (κ3) is 3.52. The predicted molar refractivity (Wildman–Crippen MR) is 81.5 cm³/mol. The Morgan fingerprint density at radius 2 is 2.15 bits per heavy atom. The maximum absolute atomic E-state index is 10.2. The third-order valence-electron chi connectivity index (χ3n) is 4.07. The molecule has 1 unspecified atom stereocenters. The van der Waals surface area contributed by atoms with Gasteiger partial charge in [-0.3, -0.25) is 0 Å². The molecule has 2 rings (SSSR count). The Labute approximate surface area is 121 Å². The lowest BCUT2D eigenvalue weighted by Gasteiger charge is -2.26. The largest absolute Gasteiger partial charge is 0.388 e. The van der Waals surface area contributed by atoms with Gasteiger partial charge in [-0.1, -0.05) is 18.2 Å². The van der Waals surface area contributed by atoms with Gasteiger partial charge in [0.25, 0.3) is 0 Å². The highest BCUT2D eigenvalue weighted by atomic mass is 16.3. The summed E-state index contributed by atoms with van der Waals surface area (Å²) in [7, 11) is 0. The molecule has 1 heterocycles. The summed E-state index contributed by atoms with van der Waals surface area (Å²) in [6.45, 7) is 5.93. The molecule has 0 radical (unpaired) electrons. The molecule has 0 fully saturated rings. The number of rotatable bonds is 4. The van der Waals surface area contributed by atoms with Crippen LogP contribution in [0.2, 0.25) is 0 Å². The summed E-state index contributed by atoms with van der Waals surface area (Å²) in [6.07, 6.45) is 3.41. The van der Waals surface area contributed by atoms with Gasteiger partial charge in [0, 0.05) is 24.3 Å². The Kier molecular flexibility index (Phi) is 4.67. The van der Waals surface area contributed by atoms with Crippen LogP contribution in [0.5, 0.6) is 0 Å². The van der Waals surface area contributed by atoms with E-state index in [0.29, 0.717) is 0 Å². The first-order valence-electron chi connectivity index (χ1n) is 7.47. The first-order chi connectivity index (χ1) is 9.53. The summed E-state index contributed by atoms with van der Waals surface area (Å²) < 4.78 is 0. The van der Waals surface area contributed by atoms with Crippen LogP contribution in [0.25, 0.3) is 0 Å². The van der Waals surface area contributed by atoms with Crippen molar-refractivity contribution in [2.45, 2.75) is 45.6 Å². The van der Waals surface area contributed by atoms with Gasteiger partial charge in [0.15, 0.2) is 0 Å². The molecular formula is C17H24N2O. The molecule has 0 aromatic heterocycles. The molecule has 3 heteroatoms. The Morgan fingerprint density at radius 1 is 1.40 bits per heavy atom. The number of hydrogen-bond acceptors (Lipinski definition) is 3. The number of nitriles is 1. The van der Waals surface area contributed by atoms with Crippen molar-refractivity contribution in [3.05, 3.63) is 29.8 Å². The molecule has 1 aliphatic rings. The van der Waals surface area contributed by atoms with Crippen LogP contribution in [0, 0.1) is 16.7 Å². The number of anilines is 1. The van der Waals surface area contributed by atoms with E-state index in [1.165, 1.54) is 0 Å². The van der Waals surface area contributed by atoms with Crippen molar-refractivity contribution < 1.29 is 5.11 Å². The molecule has 0 saturated heterocycles. The van der Waals surface area contributed by atoms with Crippen molar-refractivity contribution in [2.75, 3.05) is 18.0 Å². The van der Waals surface area contributed by atoms with Crippen LogP contribution in [-0.2, 0) is 0 Å². The maximum Gasteiger partial charge on any atom is 0.0810 e. The van der Waals surface area contributed by atoms with E-state index in [1.807, 2.05) is 32.0 Å². The molecule has 1 atom stereocenters. The Morgan fingerprint density at radius 3 is 2.90 bits per heavy atom. The standard InChI is InChI=1S/C17H24N2O/c1-17(2,13-18)10-6-12-19-11-5-9-16(20)14-7-3-4-8-15(14)19/h3-4,7-8,16,20H,5-6,9-12H2,1-2H3. The molecule has 20 heavy (non-hydrogen) atoms. The van der Waals surface area contributed by atoms with Crippen LogP contribution in [-0.4, -0.2) is 18.2 Å². The van der Waals surface area contributed by atoms with Gasteiger partial charge in [0.2, 0.25) is 0 Å². The molecule has 0 amide bonds. The fraction of sp³-hybridized carbons (Fsp3) is 0.588. The topological polar surface area (TPSA) is 47.3 Å². The van der Waals surface area contributed by atoms with E-state index in [1.54, 1.807) is 0 Å². The predicted octanol–water partition coefficient (Wildman–Crippen LogP) is 3.65. The monoisotopic (exact) mass is 272 g/mol. The highest BCUT2D eigenvalue weighted by Crippen LogP contribution is 2.33. The zero-order valence-electron chi connectivity index (χ0n) is 12.5. The number of fused-ring (bicyclic) bond motifs is 1. The van der Waals surface area contributed by atoms with Crippen molar-refractivity contribution >= 4 is 5.69 Å². The average molecular weight is 272 g/mol. The Hall–Kier alpha value is -1.53. The van der Waals surface area contributed by atoms with Gasteiger partial charge in [0.1, 0.15) is 0 Å². The Balaban J connectivity index is 2.05. The summed E-state index contributed by atoms with van der Waals surface area (Å²) in [6, 6.07) is 10.5. The zero-order chi connectivity index (χ0) is 14.6. The van der Waals surface area contributed by atoms with Crippen LogP contribution >= 0.6 is 0 Å². The smallest absolute Gasteiger partial charge is 0.0810 e. The first-order valence-corrected chi connectivity index (χ1v) is 7.47. The summed E-state index contributed by atoms with van der Waals surface area (Å²) in [5, 5.41) is 19.3. The van der Waals surface area contributed by atoms with Crippen LogP contribution in [0.1, 0.15) is 51.2 Å². The van der Waals surface area contributed by atoms with E-state index in [0.717, 1.165) is 50.0 Å². The quantitative estimate of drug-likeness (QED) is 0.910. The van der Waals surface area contributed by atoms with Gasteiger partial charge >= 0.3 is 0 Å². The molecule has 0 spiro atoms. The van der Waals surface area contributed by atoms with E-state index in [-0.39, 0.29) is 11.5 Å². The number of benzene rings is 1. The van der Waals surface area contributed by atoms with Crippen molar-refractivity contribution in [3.8, 4) is 6.07 Å². The molecule has 1 N–H and O–H groups in total. The number of hydrogen-bond donors (Lipinski definition) is 1. The molecule has 1 aliphatic heterocycles. The highest BCUT2D eigenvalue weighted by molar-refractivity contribution is 5.55. The second kappa shape index (κ2) is 6.28. The second-order valence-corrected chi connectivity index (χ2v) is 6.30. The molecule has 0 aliphatic carbocycles. The first kappa shape index (κ1) is 14.9. The van der Waals surface area contributed by atoms with Crippen LogP contribution in [0.3, 0.4) is 0 Å². The molecule has 0 bridgehead atoms. The third-order valence-corrected chi connectivity index (χ3v) is 4.07. The van der Waals surface area contributed by atoms with Gasteiger partial charge in [-0.25, -0.2) is 0 Å².